The predicted molar refractivity (Wildman–Crippen MR) is 129 cm³/mol. The van der Waals surface area contributed by atoms with E-state index in [0.29, 0.717) is 12.3 Å². The molecule has 1 aromatic carbocycles. The highest BCUT2D eigenvalue weighted by Crippen LogP contribution is 2.38. The Labute approximate surface area is 192 Å². The van der Waals surface area contributed by atoms with Gasteiger partial charge in [-0.2, -0.15) is 0 Å². The molecule has 1 atom stereocenters. The predicted octanol–water partition coefficient (Wildman–Crippen LogP) is 4.99. The van der Waals surface area contributed by atoms with E-state index in [4.69, 9.17) is 0 Å². The topological polar surface area (TPSA) is 59.8 Å². The first kappa shape index (κ1) is 22.1. The second-order valence-corrected chi connectivity index (χ2v) is 10.1. The molecule has 1 aliphatic carbocycles. The Kier molecular flexibility index (Phi) is 7.45. The number of thioether (sulfide) groups is 1. The number of rotatable bonds is 9. The normalized spacial score (nSPS) is 15.6. The first-order valence-corrected chi connectivity index (χ1v) is 13.0. The lowest BCUT2D eigenvalue weighted by atomic mass is 9.88. The summed E-state index contributed by atoms with van der Waals surface area (Å²) in [6.07, 6.45) is 5.39. The zero-order valence-electron chi connectivity index (χ0n) is 18.3. The molecule has 1 unspecified atom stereocenters. The van der Waals surface area contributed by atoms with Crippen LogP contribution in [-0.4, -0.2) is 33.0 Å². The van der Waals surface area contributed by atoms with Crippen molar-refractivity contribution in [2.45, 2.75) is 57.7 Å². The molecule has 0 saturated heterocycles. The third-order valence-electron chi connectivity index (χ3n) is 5.72. The summed E-state index contributed by atoms with van der Waals surface area (Å²) < 4.78 is 2.20. The Hall–Kier alpha value is -2.12. The highest BCUT2D eigenvalue weighted by Gasteiger charge is 2.24. The second-order valence-electron chi connectivity index (χ2n) is 8.23. The van der Waals surface area contributed by atoms with E-state index < -0.39 is 0 Å². The standard InChI is InChI=1S/C24H30N4OS2/c1-3-13-28-23(20-15-30-21-14-17(2)9-10-19(20)21)26-27-24(28)31-16-22(29)25-12-11-18-7-5-4-6-8-18/h4-8,15,17H,3,9-14,16H2,1-2H3,(H,25,29). The number of nitrogens with one attached hydrogen (secondary N) is 1. The fourth-order valence-corrected chi connectivity index (χ4v) is 6.09. The lowest BCUT2D eigenvalue weighted by Crippen LogP contribution is -2.27. The van der Waals surface area contributed by atoms with Crippen LogP contribution in [0.2, 0.25) is 0 Å². The summed E-state index contributed by atoms with van der Waals surface area (Å²) >= 11 is 3.34. The van der Waals surface area contributed by atoms with Crippen LogP contribution in [0, 0.1) is 5.92 Å². The number of amides is 1. The van der Waals surface area contributed by atoms with E-state index >= 15 is 0 Å². The summed E-state index contributed by atoms with van der Waals surface area (Å²) in [4.78, 5) is 13.9. The largest absolute Gasteiger partial charge is 0.355 e. The number of hydrogen-bond acceptors (Lipinski definition) is 5. The molecular formula is C24H30N4OS2. The Balaban J connectivity index is 1.39. The molecule has 1 aliphatic rings. The van der Waals surface area contributed by atoms with Crippen molar-refractivity contribution in [3.63, 3.8) is 0 Å². The minimum atomic E-state index is 0.0374. The number of thiophene rings is 1. The minimum Gasteiger partial charge on any atom is -0.355 e. The minimum absolute atomic E-state index is 0.0374. The van der Waals surface area contributed by atoms with Gasteiger partial charge in [0.2, 0.25) is 5.91 Å². The molecule has 0 fully saturated rings. The number of nitrogens with zero attached hydrogens (tertiary/aromatic N) is 3. The van der Waals surface area contributed by atoms with Gasteiger partial charge in [-0.05, 0) is 49.1 Å². The van der Waals surface area contributed by atoms with Crippen LogP contribution in [0.4, 0.5) is 0 Å². The first-order valence-electron chi connectivity index (χ1n) is 11.1. The zero-order chi connectivity index (χ0) is 21.6. The summed E-state index contributed by atoms with van der Waals surface area (Å²) in [5.41, 5.74) is 3.94. The van der Waals surface area contributed by atoms with Crippen molar-refractivity contribution in [1.82, 2.24) is 20.1 Å². The van der Waals surface area contributed by atoms with E-state index in [2.05, 4.69) is 51.4 Å². The number of hydrogen-bond donors (Lipinski definition) is 1. The van der Waals surface area contributed by atoms with Crippen molar-refractivity contribution in [2.24, 2.45) is 5.92 Å². The zero-order valence-corrected chi connectivity index (χ0v) is 19.9. The van der Waals surface area contributed by atoms with Crippen LogP contribution in [0.3, 0.4) is 0 Å². The van der Waals surface area contributed by atoms with Gasteiger partial charge in [0.1, 0.15) is 0 Å². The summed E-state index contributed by atoms with van der Waals surface area (Å²) in [7, 11) is 0. The van der Waals surface area contributed by atoms with Gasteiger partial charge in [-0.25, -0.2) is 0 Å². The summed E-state index contributed by atoms with van der Waals surface area (Å²) in [5.74, 6) is 2.12. The van der Waals surface area contributed by atoms with Gasteiger partial charge in [0.15, 0.2) is 11.0 Å². The third-order valence-corrected chi connectivity index (χ3v) is 7.74. The maximum Gasteiger partial charge on any atom is 0.230 e. The van der Waals surface area contributed by atoms with Crippen LogP contribution in [0.5, 0.6) is 0 Å². The van der Waals surface area contributed by atoms with E-state index in [9.17, 15) is 4.79 Å². The molecule has 0 saturated carbocycles. The van der Waals surface area contributed by atoms with Gasteiger partial charge >= 0.3 is 0 Å². The highest BCUT2D eigenvalue weighted by molar-refractivity contribution is 7.99. The fraction of sp³-hybridized carbons (Fsp3) is 0.458. The highest BCUT2D eigenvalue weighted by atomic mass is 32.2. The van der Waals surface area contributed by atoms with Crippen LogP contribution in [0.1, 0.15) is 42.7 Å². The fourth-order valence-electron chi connectivity index (χ4n) is 4.06. The van der Waals surface area contributed by atoms with Gasteiger partial charge in [-0.15, -0.1) is 21.5 Å². The van der Waals surface area contributed by atoms with Gasteiger partial charge in [-0.3, -0.25) is 4.79 Å². The molecule has 2 heterocycles. The lowest BCUT2D eigenvalue weighted by Gasteiger charge is -2.19. The van der Waals surface area contributed by atoms with Gasteiger partial charge in [-0.1, -0.05) is 55.9 Å². The SMILES string of the molecule is CCCn1c(SCC(=O)NCCc2ccccc2)nnc1-c1csc2c1CCC(C)C2. The smallest absolute Gasteiger partial charge is 0.230 e. The number of carbonyl (C=O) groups is 1. The molecule has 7 heteroatoms. The van der Waals surface area contributed by atoms with Crippen molar-refractivity contribution in [1.29, 1.82) is 0 Å². The van der Waals surface area contributed by atoms with Crippen LogP contribution in [-0.2, 0) is 30.6 Å². The molecule has 0 aliphatic heterocycles. The average Bonchev–Trinajstić information content (AvgIpc) is 3.36. The molecule has 0 spiro atoms. The van der Waals surface area contributed by atoms with Crippen molar-refractivity contribution in [2.75, 3.05) is 12.3 Å². The average molecular weight is 455 g/mol. The van der Waals surface area contributed by atoms with Crippen LogP contribution >= 0.6 is 23.1 Å². The molecule has 1 N–H and O–H groups in total. The van der Waals surface area contributed by atoms with Crippen molar-refractivity contribution in [3.05, 3.63) is 51.7 Å². The van der Waals surface area contributed by atoms with Gasteiger partial charge in [0.25, 0.3) is 0 Å². The van der Waals surface area contributed by atoms with E-state index in [1.807, 2.05) is 29.5 Å². The Bertz CT molecular complexity index is 1010. The third kappa shape index (κ3) is 5.39. The molecule has 31 heavy (non-hydrogen) atoms. The maximum atomic E-state index is 12.3. The molecule has 1 amide bonds. The number of carbonyl (C=O) groups excluding carboxylic acids is 1. The number of benzene rings is 1. The quantitative estimate of drug-likeness (QED) is 0.463. The number of fused-ring (bicyclic) bond motifs is 1. The van der Waals surface area contributed by atoms with Crippen molar-refractivity contribution in [3.8, 4) is 11.4 Å². The van der Waals surface area contributed by atoms with E-state index in [1.165, 1.54) is 46.2 Å². The van der Waals surface area contributed by atoms with Crippen molar-refractivity contribution >= 4 is 29.0 Å². The van der Waals surface area contributed by atoms with Gasteiger partial charge < -0.3 is 9.88 Å². The van der Waals surface area contributed by atoms with Gasteiger partial charge in [0.05, 0.1) is 5.75 Å². The molecule has 0 bridgehead atoms. The molecule has 3 aromatic rings. The summed E-state index contributed by atoms with van der Waals surface area (Å²) in [5, 5.41) is 15.1. The molecule has 5 nitrogen and oxygen atoms in total. The van der Waals surface area contributed by atoms with E-state index in [-0.39, 0.29) is 5.91 Å². The Morgan fingerprint density at radius 2 is 2.13 bits per heavy atom. The molecule has 4 rings (SSSR count). The maximum absolute atomic E-state index is 12.3. The van der Waals surface area contributed by atoms with Gasteiger partial charge in [0, 0.05) is 28.9 Å². The van der Waals surface area contributed by atoms with Crippen LogP contribution < -0.4 is 5.32 Å². The first-order chi connectivity index (χ1) is 15.2. The molecule has 0 radical (unpaired) electrons. The lowest BCUT2D eigenvalue weighted by molar-refractivity contribution is -0.118. The number of aromatic nitrogens is 3. The molecular weight excluding hydrogens is 424 g/mol. The summed E-state index contributed by atoms with van der Waals surface area (Å²) in [6, 6.07) is 10.2. The Morgan fingerprint density at radius 3 is 2.94 bits per heavy atom. The van der Waals surface area contributed by atoms with Crippen LogP contribution in [0.25, 0.3) is 11.4 Å². The van der Waals surface area contributed by atoms with Crippen LogP contribution in [0.15, 0.2) is 40.9 Å². The van der Waals surface area contributed by atoms with E-state index in [0.717, 1.165) is 42.7 Å². The summed E-state index contributed by atoms with van der Waals surface area (Å²) in [6.45, 7) is 6.01. The monoisotopic (exact) mass is 454 g/mol. The van der Waals surface area contributed by atoms with E-state index in [1.54, 1.807) is 0 Å². The Morgan fingerprint density at radius 1 is 1.29 bits per heavy atom. The second kappa shape index (κ2) is 10.5. The molecule has 164 valence electrons. The molecule has 2 aromatic heterocycles. The van der Waals surface area contributed by atoms with Crippen molar-refractivity contribution < 1.29 is 4.79 Å².